The van der Waals surface area contributed by atoms with Gasteiger partial charge < -0.3 is 0 Å². The van der Waals surface area contributed by atoms with E-state index in [1.807, 2.05) is 0 Å². The van der Waals surface area contributed by atoms with Crippen molar-refractivity contribution in [2.45, 2.75) is 142 Å². The summed E-state index contributed by atoms with van der Waals surface area (Å²) in [6.07, 6.45) is 31.4. The number of hydrogen-bond donors (Lipinski definition) is 0. The third kappa shape index (κ3) is 22.0. The van der Waals surface area contributed by atoms with Gasteiger partial charge in [-0.1, -0.05) is 142 Å². The summed E-state index contributed by atoms with van der Waals surface area (Å²) >= 11 is 0. The van der Waals surface area contributed by atoms with Crippen LogP contribution < -0.4 is 0 Å². The second-order valence-electron chi connectivity index (χ2n) is 7.52. The van der Waals surface area contributed by atoms with Gasteiger partial charge in [0.25, 0.3) is 0 Å². The van der Waals surface area contributed by atoms with Gasteiger partial charge in [-0.15, -0.1) is 0 Å². The predicted molar refractivity (Wildman–Crippen MR) is 108 cm³/mol. The normalized spacial score (nSPS) is 11.2. The molecular weight excluding hydrogens is 276 g/mol. The van der Waals surface area contributed by atoms with Crippen LogP contribution in [0.15, 0.2) is 0 Å². The maximum atomic E-state index is 2.56. The summed E-state index contributed by atoms with van der Waals surface area (Å²) < 4.78 is 0. The maximum absolute atomic E-state index is 2.56. The Bertz CT molecular complexity index is 164. The zero-order valence-corrected chi connectivity index (χ0v) is 16.7. The van der Waals surface area contributed by atoms with Gasteiger partial charge in [0, 0.05) is 0 Å². The van der Waals surface area contributed by atoms with E-state index in [-0.39, 0.29) is 0 Å². The summed E-state index contributed by atoms with van der Waals surface area (Å²) in [5.74, 6) is 0. The fraction of sp³-hybridized carbons (Fsp3) is 0.957. The number of hydrogen-bond acceptors (Lipinski definition) is 0. The minimum atomic E-state index is 1.37. The number of unbranched alkanes of at least 4 members (excludes halogenated alkanes) is 20. The van der Waals surface area contributed by atoms with Gasteiger partial charge in [-0.2, -0.15) is 0 Å². The van der Waals surface area contributed by atoms with Crippen LogP contribution in [0.1, 0.15) is 142 Å². The molecule has 0 spiro atoms. The first-order valence-electron chi connectivity index (χ1n) is 11.2. The molecule has 0 aromatic rings. The van der Waals surface area contributed by atoms with Gasteiger partial charge in [0.1, 0.15) is 0 Å². The van der Waals surface area contributed by atoms with Crippen LogP contribution in [0.5, 0.6) is 0 Å². The molecule has 0 heterocycles. The molecule has 0 heteroatoms. The fourth-order valence-electron chi connectivity index (χ4n) is 3.34. The molecule has 0 aromatic heterocycles. The van der Waals surface area contributed by atoms with Gasteiger partial charge in [-0.25, -0.2) is 0 Å². The topological polar surface area (TPSA) is 0 Å². The molecule has 0 unspecified atom stereocenters. The van der Waals surface area contributed by atoms with Crippen molar-refractivity contribution in [3.63, 3.8) is 0 Å². The van der Waals surface area contributed by atoms with Crippen LogP contribution in [0.4, 0.5) is 0 Å². The van der Waals surface area contributed by atoms with E-state index in [1.165, 1.54) is 128 Å². The van der Waals surface area contributed by atoms with Gasteiger partial charge in [-0.3, -0.25) is 0 Å². The molecule has 0 N–H and O–H groups in total. The molecule has 0 nitrogen and oxygen atoms in total. The Morgan fingerprint density at radius 1 is 0.348 bits per heavy atom. The molecule has 0 bridgehead atoms. The third-order valence-corrected chi connectivity index (χ3v) is 5.02. The quantitative estimate of drug-likeness (QED) is 0.196. The Balaban J connectivity index is 2.92. The van der Waals surface area contributed by atoms with Crippen LogP contribution in [0.3, 0.4) is 0 Å². The van der Waals surface area contributed by atoms with Crippen LogP contribution in [-0.2, 0) is 0 Å². The van der Waals surface area contributed by atoms with Gasteiger partial charge >= 0.3 is 0 Å². The van der Waals surface area contributed by atoms with E-state index in [0.717, 1.165) is 0 Å². The van der Waals surface area contributed by atoms with Crippen molar-refractivity contribution in [3.8, 4) is 0 Å². The van der Waals surface area contributed by atoms with Crippen molar-refractivity contribution in [1.82, 2.24) is 0 Å². The first kappa shape index (κ1) is 23.0. The molecular formula is C23H47. The first-order valence-corrected chi connectivity index (χ1v) is 11.2. The zero-order chi connectivity index (χ0) is 16.8. The zero-order valence-electron chi connectivity index (χ0n) is 16.7. The van der Waals surface area contributed by atoms with Crippen molar-refractivity contribution >= 4 is 0 Å². The van der Waals surface area contributed by atoms with E-state index in [2.05, 4.69) is 20.3 Å². The van der Waals surface area contributed by atoms with E-state index < -0.39 is 0 Å². The molecule has 0 saturated heterocycles. The Morgan fingerprint density at radius 3 is 0.913 bits per heavy atom. The molecule has 0 aromatic carbocycles. The van der Waals surface area contributed by atoms with Crippen molar-refractivity contribution in [1.29, 1.82) is 0 Å². The molecule has 0 aliphatic carbocycles. The lowest BCUT2D eigenvalue weighted by Crippen LogP contribution is -1.84. The van der Waals surface area contributed by atoms with Gasteiger partial charge in [0.2, 0.25) is 0 Å². The fourth-order valence-corrected chi connectivity index (χ4v) is 3.34. The summed E-state index contributed by atoms with van der Waals surface area (Å²) in [6.45, 7) is 4.59. The maximum Gasteiger partial charge on any atom is -0.0386 e. The van der Waals surface area contributed by atoms with Gasteiger partial charge in [0.15, 0.2) is 0 Å². The van der Waals surface area contributed by atoms with Crippen LogP contribution in [-0.4, -0.2) is 0 Å². The smallest absolute Gasteiger partial charge is 0.0386 e. The largest absolute Gasteiger partial charge is 0.0654 e. The van der Waals surface area contributed by atoms with Crippen molar-refractivity contribution in [3.05, 3.63) is 6.42 Å². The van der Waals surface area contributed by atoms with E-state index in [0.29, 0.717) is 0 Å². The highest BCUT2D eigenvalue weighted by Gasteiger charge is 1.95. The van der Waals surface area contributed by atoms with Crippen LogP contribution in [0.25, 0.3) is 0 Å². The highest BCUT2D eigenvalue weighted by Crippen LogP contribution is 2.14. The van der Waals surface area contributed by atoms with Crippen molar-refractivity contribution in [2.24, 2.45) is 0 Å². The van der Waals surface area contributed by atoms with Gasteiger partial charge in [0.05, 0.1) is 0 Å². The molecule has 0 aliphatic rings. The average Bonchev–Trinajstić information content (AvgIpc) is 2.57. The Hall–Kier alpha value is 0. The van der Waals surface area contributed by atoms with E-state index in [4.69, 9.17) is 0 Å². The van der Waals surface area contributed by atoms with Crippen molar-refractivity contribution < 1.29 is 0 Å². The Kier molecular flexibility index (Phi) is 22.0. The minimum Gasteiger partial charge on any atom is -0.0654 e. The summed E-state index contributed by atoms with van der Waals surface area (Å²) in [5, 5.41) is 0. The lowest BCUT2D eigenvalue weighted by atomic mass is 10.0. The highest BCUT2D eigenvalue weighted by atomic mass is 14.0. The van der Waals surface area contributed by atoms with E-state index >= 15 is 0 Å². The SMILES string of the molecule is CCCCCCCCCCC[CH]CCCCCCCCCCC. The monoisotopic (exact) mass is 323 g/mol. The summed E-state index contributed by atoms with van der Waals surface area (Å²) in [6, 6.07) is 0. The molecule has 23 heavy (non-hydrogen) atoms. The van der Waals surface area contributed by atoms with Crippen molar-refractivity contribution in [2.75, 3.05) is 0 Å². The van der Waals surface area contributed by atoms with E-state index in [1.54, 1.807) is 0 Å². The molecule has 0 amide bonds. The van der Waals surface area contributed by atoms with E-state index in [9.17, 15) is 0 Å². The van der Waals surface area contributed by atoms with Gasteiger partial charge in [-0.05, 0) is 6.42 Å². The number of rotatable bonds is 20. The molecule has 0 aliphatic heterocycles. The summed E-state index contributed by atoms with van der Waals surface area (Å²) in [5.41, 5.74) is 0. The standard InChI is InChI=1S/C23H47/c1-3-5-7-9-11-13-15-17-19-21-23-22-20-18-16-14-12-10-8-6-4-2/h23H,3-22H2,1-2H3. The lowest BCUT2D eigenvalue weighted by Gasteiger charge is -2.03. The second kappa shape index (κ2) is 22.0. The Morgan fingerprint density at radius 2 is 0.609 bits per heavy atom. The minimum absolute atomic E-state index is 1.37. The van der Waals surface area contributed by atoms with Crippen LogP contribution in [0, 0.1) is 6.42 Å². The molecule has 0 saturated carbocycles. The van der Waals surface area contributed by atoms with Crippen LogP contribution in [0.2, 0.25) is 0 Å². The second-order valence-corrected chi connectivity index (χ2v) is 7.52. The predicted octanol–water partition coefficient (Wildman–Crippen LogP) is 9.03. The van der Waals surface area contributed by atoms with Crippen LogP contribution >= 0.6 is 0 Å². The molecule has 139 valence electrons. The summed E-state index contributed by atoms with van der Waals surface area (Å²) in [4.78, 5) is 0. The summed E-state index contributed by atoms with van der Waals surface area (Å²) in [7, 11) is 0. The highest BCUT2D eigenvalue weighted by molar-refractivity contribution is 4.64. The Labute approximate surface area is 149 Å². The first-order chi connectivity index (χ1) is 11.4. The average molecular weight is 324 g/mol. The molecule has 0 atom stereocenters. The molecule has 0 fully saturated rings. The lowest BCUT2D eigenvalue weighted by molar-refractivity contribution is 0.551. The third-order valence-electron chi connectivity index (χ3n) is 5.02. The molecule has 1 radical (unpaired) electrons. The molecule has 0 rings (SSSR count).